The molecule has 2 saturated carbocycles. The summed E-state index contributed by atoms with van der Waals surface area (Å²) in [6.07, 6.45) is 8.99. The van der Waals surface area contributed by atoms with Crippen molar-refractivity contribution in [1.29, 1.82) is 0 Å². The van der Waals surface area contributed by atoms with Crippen LogP contribution >= 0.6 is 0 Å². The van der Waals surface area contributed by atoms with Gasteiger partial charge in [0.05, 0.1) is 23.5 Å². The average Bonchev–Trinajstić information content (AvgIpc) is 3.55. The number of hydrogen-bond donors (Lipinski definition) is 1. The van der Waals surface area contributed by atoms with E-state index in [9.17, 15) is 18.0 Å². The third-order valence-electron chi connectivity index (χ3n) is 12.2. The van der Waals surface area contributed by atoms with E-state index in [0.29, 0.717) is 24.4 Å². The summed E-state index contributed by atoms with van der Waals surface area (Å²) in [7, 11) is 0.00777. The quantitative estimate of drug-likeness (QED) is 0.256. The van der Waals surface area contributed by atoms with E-state index in [-0.39, 0.29) is 17.9 Å². The molecule has 10 heteroatoms. The second kappa shape index (κ2) is 13.1. The minimum atomic E-state index is -3.81. The Morgan fingerprint density at radius 1 is 1.06 bits per heavy atom. The second-order valence-corrected chi connectivity index (χ2v) is 17.2. The van der Waals surface area contributed by atoms with Gasteiger partial charge in [-0.1, -0.05) is 39.2 Å². The highest BCUT2D eigenvalue weighted by Gasteiger charge is 2.64. The Hall–Kier alpha value is -3.37. The van der Waals surface area contributed by atoms with Crippen molar-refractivity contribution in [3.05, 3.63) is 53.1 Å². The summed E-state index contributed by atoms with van der Waals surface area (Å²) in [6.45, 7) is 8.68. The number of rotatable bonds is 10. The van der Waals surface area contributed by atoms with Crippen LogP contribution in [-0.2, 0) is 21.4 Å². The van der Waals surface area contributed by atoms with E-state index in [4.69, 9.17) is 4.74 Å². The molecular weight excluding hydrogens is 637 g/mol. The fraction of sp³-hybridized carbons (Fsp3) is 0.590. The summed E-state index contributed by atoms with van der Waals surface area (Å²) >= 11 is 0. The van der Waals surface area contributed by atoms with Crippen LogP contribution in [0.5, 0.6) is 5.75 Å². The number of hydrogen-bond acceptors (Lipinski definition) is 6. The van der Waals surface area contributed by atoms with Gasteiger partial charge < -0.3 is 19.1 Å². The number of sulfonamides is 1. The van der Waals surface area contributed by atoms with Gasteiger partial charge in [-0.25, -0.2) is 13.1 Å². The van der Waals surface area contributed by atoms with E-state index in [1.54, 1.807) is 27.0 Å². The zero-order valence-corrected chi connectivity index (χ0v) is 30.6. The smallest absolute Gasteiger partial charge is 0.264 e. The van der Waals surface area contributed by atoms with Crippen LogP contribution in [0.4, 0.5) is 0 Å². The van der Waals surface area contributed by atoms with Gasteiger partial charge in [0.2, 0.25) is 15.9 Å². The number of nitrogens with one attached hydrogen (secondary N) is 1. The fourth-order valence-electron chi connectivity index (χ4n) is 9.00. The molecule has 0 spiro atoms. The van der Waals surface area contributed by atoms with Gasteiger partial charge in [0.25, 0.3) is 5.91 Å². The number of likely N-dealkylation sites (tertiary alicyclic amines) is 1. The fourth-order valence-corrected chi connectivity index (χ4v) is 10.0. The first kappa shape index (κ1) is 34.1. The third-order valence-corrected chi connectivity index (χ3v) is 14.1. The molecule has 3 fully saturated rings. The van der Waals surface area contributed by atoms with E-state index < -0.39 is 26.6 Å². The largest absolute Gasteiger partial charge is 0.497 e. The van der Waals surface area contributed by atoms with Gasteiger partial charge >= 0.3 is 0 Å². The molecule has 2 aliphatic heterocycles. The zero-order valence-electron chi connectivity index (χ0n) is 29.8. The molecule has 0 radical (unpaired) electrons. The first-order chi connectivity index (χ1) is 23.5. The lowest BCUT2D eigenvalue weighted by atomic mass is 9.81. The van der Waals surface area contributed by atoms with Gasteiger partial charge in [0.15, 0.2) is 0 Å². The maximum absolute atomic E-state index is 15.0. The number of likely N-dealkylation sites (N-methyl/N-ethyl adjacent to an activating group) is 1. The molecule has 2 aliphatic carbocycles. The summed E-state index contributed by atoms with van der Waals surface area (Å²) < 4.78 is 36.2. The predicted molar refractivity (Wildman–Crippen MR) is 194 cm³/mol. The molecule has 9 nitrogen and oxygen atoms in total. The SMILES string of the molecule is CC[C@H](C)S(=O)(=O)NC(=O)c1ccc2c(C3CCCCC3)c3n(c2c1)C[C@@]1(C(=O)N2CCCC2CN(C)CC)C[C@H]1c1cc(OC)ccc1-3. The molecular formula is C39H52N4O5S. The molecule has 49 heavy (non-hydrogen) atoms. The number of benzene rings is 2. The van der Waals surface area contributed by atoms with E-state index >= 15 is 0 Å². The Bertz CT molecular complexity index is 1880. The molecule has 4 aliphatic rings. The van der Waals surface area contributed by atoms with Crippen molar-refractivity contribution in [1.82, 2.24) is 19.1 Å². The Labute approximate surface area is 291 Å². The summed E-state index contributed by atoms with van der Waals surface area (Å²) in [5.41, 5.74) is 5.36. The van der Waals surface area contributed by atoms with Gasteiger partial charge in [-0.2, -0.15) is 0 Å². The van der Waals surface area contributed by atoms with Crippen molar-refractivity contribution in [2.75, 3.05) is 33.8 Å². The van der Waals surface area contributed by atoms with Crippen molar-refractivity contribution in [2.24, 2.45) is 5.41 Å². The van der Waals surface area contributed by atoms with Crippen molar-refractivity contribution in [2.45, 2.75) is 108 Å². The van der Waals surface area contributed by atoms with Crippen LogP contribution in [0.1, 0.15) is 112 Å². The average molecular weight is 689 g/mol. The lowest BCUT2D eigenvalue weighted by Gasteiger charge is -2.32. The van der Waals surface area contributed by atoms with E-state index in [1.165, 1.54) is 30.4 Å². The predicted octanol–water partition coefficient (Wildman–Crippen LogP) is 6.65. The topological polar surface area (TPSA) is 101 Å². The standard InChI is InChI=1S/C39H52N4O5S/c1-6-25(3)49(46,47)40-37(44)27-15-17-31-34(20-27)43-24-39(38(45)42-19-11-14-28(42)23-41(4)7-2)22-33(39)32-21-29(48-5)16-18-30(32)36(43)35(31)26-12-9-8-10-13-26/h15-18,20-21,25-26,28,33H,6-14,19,22-24H2,1-5H3,(H,40,44)/t25-,28?,33-,39-/m0/s1. The number of ether oxygens (including phenoxy) is 1. The summed E-state index contributed by atoms with van der Waals surface area (Å²) in [5, 5.41) is 0.413. The van der Waals surface area contributed by atoms with Crippen molar-refractivity contribution in [3.8, 4) is 17.0 Å². The molecule has 2 amide bonds. The van der Waals surface area contributed by atoms with Crippen molar-refractivity contribution < 1.29 is 22.7 Å². The van der Waals surface area contributed by atoms with Crippen LogP contribution in [0, 0.1) is 5.41 Å². The zero-order chi connectivity index (χ0) is 34.7. The monoisotopic (exact) mass is 688 g/mol. The molecule has 3 heterocycles. The summed E-state index contributed by atoms with van der Waals surface area (Å²) in [6, 6.07) is 12.2. The molecule has 1 aromatic heterocycles. The van der Waals surface area contributed by atoms with E-state index in [0.717, 1.165) is 79.6 Å². The molecule has 1 unspecified atom stereocenters. The Balaban J connectivity index is 1.40. The molecule has 2 aromatic carbocycles. The van der Waals surface area contributed by atoms with Gasteiger partial charge in [-0.15, -0.1) is 0 Å². The lowest BCUT2D eigenvalue weighted by Crippen LogP contribution is -2.46. The van der Waals surface area contributed by atoms with Crippen molar-refractivity contribution >= 4 is 32.7 Å². The van der Waals surface area contributed by atoms with E-state index in [1.807, 2.05) is 18.2 Å². The number of fused-ring (bicyclic) bond motifs is 7. The highest BCUT2D eigenvalue weighted by atomic mass is 32.2. The van der Waals surface area contributed by atoms with Crippen LogP contribution in [0.25, 0.3) is 22.2 Å². The van der Waals surface area contributed by atoms with E-state index in [2.05, 4.69) is 45.2 Å². The maximum atomic E-state index is 15.0. The molecule has 3 aromatic rings. The molecule has 1 saturated heterocycles. The Kier molecular flexibility index (Phi) is 9.09. The third kappa shape index (κ3) is 5.86. The first-order valence-electron chi connectivity index (χ1n) is 18.4. The van der Waals surface area contributed by atoms with Gasteiger partial charge in [-0.05, 0) is 106 Å². The Morgan fingerprint density at radius 3 is 2.55 bits per heavy atom. The number of carbonyl (C=O) groups excluding carboxylic acids is 2. The maximum Gasteiger partial charge on any atom is 0.264 e. The molecule has 1 N–H and O–H groups in total. The van der Waals surface area contributed by atoms with Crippen LogP contribution in [0.15, 0.2) is 36.4 Å². The summed E-state index contributed by atoms with van der Waals surface area (Å²) in [5.74, 6) is 0.838. The van der Waals surface area contributed by atoms with Crippen LogP contribution in [0.3, 0.4) is 0 Å². The van der Waals surface area contributed by atoms with Crippen molar-refractivity contribution in [3.63, 3.8) is 0 Å². The molecule has 4 atom stereocenters. The minimum absolute atomic E-state index is 0.0663. The molecule has 0 bridgehead atoms. The highest BCUT2D eigenvalue weighted by molar-refractivity contribution is 7.90. The number of amides is 2. The van der Waals surface area contributed by atoms with Crippen LogP contribution in [-0.4, -0.2) is 79.7 Å². The number of nitrogens with zero attached hydrogens (tertiary/aromatic N) is 3. The minimum Gasteiger partial charge on any atom is -0.497 e. The van der Waals surface area contributed by atoms with Crippen LogP contribution in [0.2, 0.25) is 0 Å². The van der Waals surface area contributed by atoms with Gasteiger partial charge in [0, 0.05) is 53.6 Å². The van der Waals surface area contributed by atoms with Crippen LogP contribution < -0.4 is 9.46 Å². The molecule has 7 rings (SSSR count). The highest BCUT2D eigenvalue weighted by Crippen LogP contribution is 2.66. The van der Waals surface area contributed by atoms with Gasteiger partial charge in [-0.3, -0.25) is 9.59 Å². The second-order valence-electron chi connectivity index (χ2n) is 15.1. The van der Waals surface area contributed by atoms with Gasteiger partial charge in [0.1, 0.15) is 5.75 Å². The summed E-state index contributed by atoms with van der Waals surface area (Å²) in [4.78, 5) is 33.0. The normalized spacial score (nSPS) is 24.2. The molecule has 264 valence electrons. The lowest BCUT2D eigenvalue weighted by molar-refractivity contribution is -0.138. The Morgan fingerprint density at radius 2 is 1.84 bits per heavy atom. The number of carbonyl (C=O) groups is 2. The number of aromatic nitrogens is 1. The number of methoxy groups -OCH3 is 1. The first-order valence-corrected chi connectivity index (χ1v) is 20.0.